The van der Waals surface area contributed by atoms with Crippen molar-refractivity contribution in [3.63, 3.8) is 0 Å². The first kappa shape index (κ1) is 17.3. The summed E-state index contributed by atoms with van der Waals surface area (Å²) in [7, 11) is -3.30. The molecule has 1 N–H and O–H groups in total. The number of benzene rings is 1. The Hall–Kier alpha value is -3.07. The van der Waals surface area contributed by atoms with Crippen LogP contribution in [0, 0.1) is 6.92 Å². The van der Waals surface area contributed by atoms with Gasteiger partial charge < -0.3 is 14.3 Å². The van der Waals surface area contributed by atoms with Crippen LogP contribution in [0.4, 0.5) is 11.4 Å². The summed E-state index contributed by atoms with van der Waals surface area (Å²) in [6.07, 6.45) is 2.09. The van der Waals surface area contributed by atoms with Crippen LogP contribution in [0.5, 0.6) is 0 Å². The molecule has 8 nitrogen and oxygen atoms in total. The molecule has 4 rings (SSSR count). The lowest BCUT2D eigenvalue weighted by Gasteiger charge is -2.20. The Labute approximate surface area is 155 Å². The van der Waals surface area contributed by atoms with E-state index in [0.29, 0.717) is 35.9 Å². The zero-order valence-electron chi connectivity index (χ0n) is 14.5. The first-order valence-electron chi connectivity index (χ1n) is 8.37. The van der Waals surface area contributed by atoms with Crippen molar-refractivity contribution < 1.29 is 22.2 Å². The van der Waals surface area contributed by atoms with Crippen molar-refractivity contribution in [2.45, 2.75) is 13.3 Å². The summed E-state index contributed by atoms with van der Waals surface area (Å²) in [5, 5.41) is 6.48. The molecule has 0 saturated carbocycles. The van der Waals surface area contributed by atoms with Crippen LogP contribution >= 0.6 is 0 Å². The maximum Gasteiger partial charge on any atom is 0.277 e. The lowest BCUT2D eigenvalue weighted by Crippen LogP contribution is -2.26. The van der Waals surface area contributed by atoms with Gasteiger partial charge in [0.1, 0.15) is 0 Å². The van der Waals surface area contributed by atoms with Gasteiger partial charge in [-0.1, -0.05) is 11.2 Å². The summed E-state index contributed by atoms with van der Waals surface area (Å²) in [6.45, 7) is 2.28. The first-order valence-corrected chi connectivity index (χ1v) is 9.98. The minimum atomic E-state index is -3.30. The zero-order chi connectivity index (χ0) is 19.0. The molecule has 0 bridgehead atoms. The smallest absolute Gasteiger partial charge is 0.277 e. The molecule has 1 aromatic carbocycles. The second-order valence-corrected chi connectivity index (χ2v) is 8.26. The van der Waals surface area contributed by atoms with Gasteiger partial charge in [-0.3, -0.25) is 9.10 Å². The third-order valence-corrected chi connectivity index (χ3v) is 6.20. The number of sulfonamides is 1. The Morgan fingerprint density at radius 1 is 1.22 bits per heavy atom. The molecule has 0 spiro atoms. The average Bonchev–Trinajstić information content (AvgIpc) is 3.36. The molecule has 1 fully saturated rings. The lowest BCUT2D eigenvalue weighted by molar-refractivity contribution is 0.101. The first-order chi connectivity index (χ1) is 12.9. The van der Waals surface area contributed by atoms with Gasteiger partial charge in [-0.15, -0.1) is 0 Å². The van der Waals surface area contributed by atoms with Crippen molar-refractivity contribution in [1.82, 2.24) is 5.16 Å². The largest absolute Gasteiger partial charge is 0.461 e. The second kappa shape index (κ2) is 6.58. The van der Waals surface area contributed by atoms with Gasteiger partial charge >= 0.3 is 0 Å². The number of hydrogen-bond donors (Lipinski definition) is 1. The highest BCUT2D eigenvalue weighted by Gasteiger charge is 2.29. The molecule has 0 unspecified atom stereocenters. The Balaban J connectivity index is 1.56. The van der Waals surface area contributed by atoms with E-state index in [1.54, 1.807) is 30.3 Å². The van der Waals surface area contributed by atoms with Crippen LogP contribution in [0.1, 0.15) is 22.5 Å². The van der Waals surface area contributed by atoms with Crippen LogP contribution < -0.4 is 9.62 Å². The second-order valence-electron chi connectivity index (χ2n) is 6.25. The molecule has 1 amide bonds. The summed E-state index contributed by atoms with van der Waals surface area (Å²) in [6, 6.07) is 10.0. The van der Waals surface area contributed by atoms with Crippen molar-refractivity contribution in [2.24, 2.45) is 0 Å². The van der Waals surface area contributed by atoms with Gasteiger partial charge in [0.2, 0.25) is 15.8 Å². The van der Waals surface area contributed by atoms with E-state index in [1.807, 2.05) is 6.92 Å². The van der Waals surface area contributed by atoms with Crippen molar-refractivity contribution in [3.8, 4) is 11.5 Å². The van der Waals surface area contributed by atoms with E-state index in [9.17, 15) is 13.2 Å². The summed E-state index contributed by atoms with van der Waals surface area (Å²) >= 11 is 0. The van der Waals surface area contributed by atoms with Crippen molar-refractivity contribution >= 4 is 27.3 Å². The Morgan fingerprint density at radius 2 is 2.07 bits per heavy atom. The fourth-order valence-electron chi connectivity index (χ4n) is 2.98. The molecule has 3 aromatic rings. The molecule has 1 saturated heterocycles. The third kappa shape index (κ3) is 3.33. The maximum atomic E-state index is 12.4. The highest BCUT2D eigenvalue weighted by Crippen LogP contribution is 2.30. The van der Waals surface area contributed by atoms with Gasteiger partial charge in [0.15, 0.2) is 11.5 Å². The van der Waals surface area contributed by atoms with Crippen LogP contribution in [-0.4, -0.2) is 31.8 Å². The summed E-state index contributed by atoms with van der Waals surface area (Å²) in [5.74, 6) is 0.490. The number of hydrogen-bond acceptors (Lipinski definition) is 6. The quantitative estimate of drug-likeness (QED) is 0.738. The number of nitrogens with one attached hydrogen (secondary N) is 1. The van der Waals surface area contributed by atoms with E-state index in [4.69, 9.17) is 8.94 Å². The lowest BCUT2D eigenvalue weighted by atomic mass is 10.1. The molecular formula is C18H17N3O5S. The number of carbonyl (C=O) groups is 1. The summed E-state index contributed by atoms with van der Waals surface area (Å²) in [5.41, 5.74) is 1.96. The predicted octanol–water partition coefficient (Wildman–Crippen LogP) is 3.04. The van der Waals surface area contributed by atoms with Crippen molar-refractivity contribution in [1.29, 1.82) is 0 Å². The number of aryl methyl sites for hydroxylation is 1. The SMILES string of the molecule is Cc1ccc(NC(=O)c2cc(-c3ccco3)on2)cc1N1CCCS1(=O)=O. The number of aromatic nitrogens is 1. The van der Waals surface area contributed by atoms with Gasteiger partial charge in [0, 0.05) is 18.3 Å². The van der Waals surface area contributed by atoms with Crippen LogP contribution in [0.2, 0.25) is 0 Å². The Bertz CT molecular complexity index is 1090. The number of furan rings is 1. The highest BCUT2D eigenvalue weighted by molar-refractivity contribution is 7.93. The van der Waals surface area contributed by atoms with Gasteiger partial charge in [0.25, 0.3) is 5.91 Å². The molecule has 140 valence electrons. The Morgan fingerprint density at radius 3 is 2.78 bits per heavy atom. The summed E-state index contributed by atoms with van der Waals surface area (Å²) in [4.78, 5) is 12.4. The normalized spacial score (nSPS) is 15.8. The minimum absolute atomic E-state index is 0.0947. The highest BCUT2D eigenvalue weighted by atomic mass is 32.2. The van der Waals surface area contributed by atoms with Crippen LogP contribution in [0.15, 0.2) is 51.6 Å². The van der Waals surface area contributed by atoms with Gasteiger partial charge in [-0.2, -0.15) is 0 Å². The zero-order valence-corrected chi connectivity index (χ0v) is 15.3. The van der Waals surface area contributed by atoms with E-state index in [-0.39, 0.29) is 11.4 Å². The van der Waals surface area contributed by atoms with Gasteiger partial charge in [0.05, 0.1) is 17.7 Å². The number of amides is 1. The van der Waals surface area contributed by atoms with Crippen LogP contribution in [-0.2, 0) is 10.0 Å². The Kier molecular flexibility index (Phi) is 4.23. The molecule has 9 heteroatoms. The van der Waals surface area contributed by atoms with E-state index in [1.165, 1.54) is 16.6 Å². The third-order valence-electron chi connectivity index (χ3n) is 4.34. The molecule has 0 aliphatic carbocycles. The molecular weight excluding hydrogens is 370 g/mol. The van der Waals surface area contributed by atoms with Gasteiger partial charge in [-0.05, 0) is 43.2 Å². The number of anilines is 2. The summed E-state index contributed by atoms with van der Waals surface area (Å²) < 4.78 is 36.1. The van der Waals surface area contributed by atoms with Crippen LogP contribution in [0.3, 0.4) is 0 Å². The molecule has 1 aliphatic heterocycles. The molecule has 3 heterocycles. The maximum absolute atomic E-state index is 12.4. The number of nitrogens with zero attached hydrogens (tertiary/aromatic N) is 2. The standard InChI is InChI=1S/C18H17N3O5S/c1-12-5-6-13(10-15(12)21-7-3-9-27(21,23)24)19-18(22)14-11-17(26-20-14)16-4-2-8-25-16/h2,4-6,8,10-11H,3,7,9H2,1H3,(H,19,22). The van der Waals surface area contributed by atoms with E-state index in [0.717, 1.165) is 5.56 Å². The van der Waals surface area contributed by atoms with Crippen LogP contribution in [0.25, 0.3) is 11.5 Å². The fourth-order valence-corrected chi connectivity index (χ4v) is 4.60. The number of carbonyl (C=O) groups excluding carboxylic acids is 1. The molecule has 0 atom stereocenters. The van der Waals surface area contributed by atoms with Crippen molar-refractivity contribution in [3.05, 3.63) is 53.9 Å². The molecule has 1 aliphatic rings. The van der Waals surface area contributed by atoms with E-state index >= 15 is 0 Å². The van der Waals surface area contributed by atoms with Gasteiger partial charge in [-0.25, -0.2) is 8.42 Å². The monoisotopic (exact) mass is 387 g/mol. The molecule has 27 heavy (non-hydrogen) atoms. The van der Waals surface area contributed by atoms with Crippen molar-refractivity contribution in [2.75, 3.05) is 21.9 Å². The average molecular weight is 387 g/mol. The number of rotatable bonds is 4. The van der Waals surface area contributed by atoms with E-state index < -0.39 is 15.9 Å². The predicted molar refractivity (Wildman–Crippen MR) is 99.1 cm³/mol. The fraction of sp³-hybridized carbons (Fsp3) is 0.222. The minimum Gasteiger partial charge on any atom is -0.461 e. The topological polar surface area (TPSA) is 106 Å². The van der Waals surface area contributed by atoms with E-state index in [2.05, 4.69) is 10.5 Å². The molecule has 2 aromatic heterocycles. The molecule has 0 radical (unpaired) electrons.